The van der Waals surface area contributed by atoms with Gasteiger partial charge in [-0.25, -0.2) is 0 Å². The van der Waals surface area contributed by atoms with Gasteiger partial charge in [0.2, 0.25) is 0 Å². The first kappa shape index (κ1) is 12.6. The summed E-state index contributed by atoms with van der Waals surface area (Å²) >= 11 is 5.24. The van der Waals surface area contributed by atoms with Gasteiger partial charge in [-0.2, -0.15) is 0 Å². The molecule has 0 aliphatic carbocycles. The number of hydrogen-bond donors (Lipinski definition) is 2. The zero-order chi connectivity index (χ0) is 12.3. The summed E-state index contributed by atoms with van der Waals surface area (Å²) in [5, 5.41) is 5.57. The normalized spacial score (nSPS) is 10.7. The van der Waals surface area contributed by atoms with Crippen molar-refractivity contribution < 1.29 is 0 Å². The molecular weight excluding hydrogens is 296 g/mol. The lowest BCUT2D eigenvalue weighted by atomic mass is 10.2. The van der Waals surface area contributed by atoms with E-state index in [1.807, 2.05) is 12.1 Å². The van der Waals surface area contributed by atoms with Crippen LogP contribution in [0.15, 0.2) is 34.1 Å². The van der Waals surface area contributed by atoms with Gasteiger partial charge in [0.25, 0.3) is 0 Å². The van der Waals surface area contributed by atoms with Gasteiger partial charge >= 0.3 is 0 Å². The SMILES string of the molecule is Cc1ccsc1CNCc1ccc(N)c(Br)c1. The van der Waals surface area contributed by atoms with Crippen LogP contribution in [0.25, 0.3) is 0 Å². The Labute approximate surface area is 114 Å². The predicted molar refractivity (Wildman–Crippen MR) is 78.2 cm³/mol. The van der Waals surface area contributed by atoms with Gasteiger partial charge in [0.15, 0.2) is 0 Å². The van der Waals surface area contributed by atoms with E-state index in [0.29, 0.717) is 0 Å². The summed E-state index contributed by atoms with van der Waals surface area (Å²) in [6.07, 6.45) is 0. The van der Waals surface area contributed by atoms with Gasteiger partial charge in [-0.3, -0.25) is 0 Å². The lowest BCUT2D eigenvalue weighted by Crippen LogP contribution is -2.12. The van der Waals surface area contributed by atoms with E-state index in [9.17, 15) is 0 Å². The highest BCUT2D eigenvalue weighted by molar-refractivity contribution is 9.10. The number of nitrogens with two attached hydrogens (primary N) is 1. The predicted octanol–water partition coefficient (Wildman–Crippen LogP) is 3.69. The van der Waals surface area contributed by atoms with Gasteiger partial charge in [0.05, 0.1) is 0 Å². The zero-order valence-corrected chi connectivity index (χ0v) is 12.1. The summed E-state index contributed by atoms with van der Waals surface area (Å²) in [6.45, 7) is 3.93. The Balaban J connectivity index is 1.90. The molecule has 0 saturated heterocycles. The molecule has 0 saturated carbocycles. The van der Waals surface area contributed by atoms with E-state index < -0.39 is 0 Å². The molecule has 0 fully saturated rings. The van der Waals surface area contributed by atoms with Crippen molar-refractivity contribution in [1.29, 1.82) is 0 Å². The van der Waals surface area contributed by atoms with E-state index in [-0.39, 0.29) is 0 Å². The standard InChI is InChI=1S/C13H15BrN2S/c1-9-4-5-17-13(9)8-16-7-10-2-3-12(15)11(14)6-10/h2-6,16H,7-8,15H2,1H3. The van der Waals surface area contributed by atoms with Crippen LogP contribution in [0, 0.1) is 6.92 Å². The molecule has 1 aromatic carbocycles. The van der Waals surface area contributed by atoms with Crippen LogP contribution < -0.4 is 11.1 Å². The molecule has 0 radical (unpaired) electrons. The minimum absolute atomic E-state index is 0.780. The molecule has 2 aromatic rings. The first-order chi connectivity index (χ1) is 8.16. The lowest BCUT2D eigenvalue weighted by Gasteiger charge is -2.06. The van der Waals surface area contributed by atoms with E-state index in [1.54, 1.807) is 11.3 Å². The number of anilines is 1. The summed E-state index contributed by atoms with van der Waals surface area (Å²) in [7, 11) is 0. The molecule has 17 heavy (non-hydrogen) atoms. The second kappa shape index (κ2) is 5.67. The van der Waals surface area contributed by atoms with Crippen molar-refractivity contribution in [2.45, 2.75) is 20.0 Å². The molecule has 1 heterocycles. The van der Waals surface area contributed by atoms with Gasteiger partial charge < -0.3 is 11.1 Å². The summed E-state index contributed by atoms with van der Waals surface area (Å²) < 4.78 is 0.962. The molecular formula is C13H15BrN2S. The van der Waals surface area contributed by atoms with Crippen molar-refractivity contribution in [3.63, 3.8) is 0 Å². The Morgan fingerprint density at radius 1 is 1.29 bits per heavy atom. The van der Waals surface area contributed by atoms with Crippen LogP contribution in [0.1, 0.15) is 16.0 Å². The number of nitrogens with one attached hydrogen (secondary N) is 1. The van der Waals surface area contributed by atoms with Gasteiger partial charge in [-0.15, -0.1) is 11.3 Å². The molecule has 0 bridgehead atoms. The summed E-state index contributed by atoms with van der Waals surface area (Å²) in [6, 6.07) is 8.19. The summed E-state index contributed by atoms with van der Waals surface area (Å²) in [5.41, 5.74) is 9.13. The molecule has 0 aliphatic heterocycles. The zero-order valence-electron chi connectivity index (χ0n) is 9.66. The van der Waals surface area contributed by atoms with Crippen LogP contribution in [0.4, 0.5) is 5.69 Å². The van der Waals surface area contributed by atoms with E-state index in [1.165, 1.54) is 16.0 Å². The molecule has 1 aromatic heterocycles. The van der Waals surface area contributed by atoms with E-state index in [0.717, 1.165) is 23.2 Å². The van der Waals surface area contributed by atoms with Gasteiger partial charge in [0.1, 0.15) is 0 Å². The maximum atomic E-state index is 5.75. The third kappa shape index (κ3) is 3.31. The molecule has 90 valence electrons. The highest BCUT2D eigenvalue weighted by Crippen LogP contribution is 2.20. The number of halogens is 1. The maximum Gasteiger partial charge on any atom is 0.0458 e. The Kier molecular flexibility index (Phi) is 4.20. The molecule has 0 unspecified atom stereocenters. The number of rotatable bonds is 4. The first-order valence-electron chi connectivity index (χ1n) is 5.44. The summed E-state index contributed by atoms with van der Waals surface area (Å²) in [5.74, 6) is 0. The van der Waals surface area contributed by atoms with Crippen molar-refractivity contribution >= 4 is 33.0 Å². The van der Waals surface area contributed by atoms with Gasteiger partial charge in [0, 0.05) is 28.1 Å². The van der Waals surface area contributed by atoms with Crippen LogP contribution >= 0.6 is 27.3 Å². The van der Waals surface area contributed by atoms with E-state index >= 15 is 0 Å². The molecule has 4 heteroatoms. The topological polar surface area (TPSA) is 38.0 Å². The Bertz CT molecular complexity index is 508. The maximum absolute atomic E-state index is 5.75. The summed E-state index contributed by atoms with van der Waals surface area (Å²) in [4.78, 5) is 1.40. The monoisotopic (exact) mass is 310 g/mol. The average Bonchev–Trinajstić information content (AvgIpc) is 2.70. The Morgan fingerprint density at radius 2 is 2.12 bits per heavy atom. The highest BCUT2D eigenvalue weighted by atomic mass is 79.9. The largest absolute Gasteiger partial charge is 0.398 e. The third-order valence-electron chi connectivity index (χ3n) is 2.65. The highest BCUT2D eigenvalue weighted by Gasteiger charge is 2.01. The molecule has 0 spiro atoms. The van der Waals surface area contributed by atoms with Crippen LogP contribution in [0.5, 0.6) is 0 Å². The molecule has 0 atom stereocenters. The smallest absolute Gasteiger partial charge is 0.0458 e. The average molecular weight is 311 g/mol. The molecule has 2 nitrogen and oxygen atoms in total. The van der Waals surface area contributed by atoms with Crippen molar-refractivity contribution in [3.8, 4) is 0 Å². The number of aryl methyl sites for hydroxylation is 1. The number of nitrogen functional groups attached to an aromatic ring is 1. The second-order valence-corrected chi connectivity index (χ2v) is 5.84. The van der Waals surface area contributed by atoms with Crippen molar-refractivity contribution in [2.75, 3.05) is 5.73 Å². The number of thiophene rings is 1. The van der Waals surface area contributed by atoms with Crippen molar-refractivity contribution in [2.24, 2.45) is 0 Å². The number of benzene rings is 1. The number of hydrogen-bond acceptors (Lipinski definition) is 3. The Morgan fingerprint density at radius 3 is 2.76 bits per heavy atom. The van der Waals surface area contributed by atoms with E-state index in [4.69, 9.17) is 5.73 Å². The minimum atomic E-state index is 0.780. The minimum Gasteiger partial charge on any atom is -0.398 e. The fourth-order valence-electron chi connectivity index (χ4n) is 1.59. The van der Waals surface area contributed by atoms with Crippen molar-refractivity contribution in [1.82, 2.24) is 5.32 Å². The third-order valence-corrected chi connectivity index (χ3v) is 4.36. The molecule has 0 amide bonds. The van der Waals surface area contributed by atoms with Crippen LogP contribution in [-0.4, -0.2) is 0 Å². The van der Waals surface area contributed by atoms with Crippen LogP contribution in [0.3, 0.4) is 0 Å². The molecule has 0 aliphatic rings. The quantitative estimate of drug-likeness (QED) is 0.845. The molecule has 3 N–H and O–H groups in total. The van der Waals surface area contributed by atoms with Gasteiger partial charge in [-0.1, -0.05) is 6.07 Å². The fourth-order valence-corrected chi connectivity index (χ4v) is 2.89. The Hall–Kier alpha value is -0.840. The molecule has 2 rings (SSSR count). The lowest BCUT2D eigenvalue weighted by molar-refractivity contribution is 0.698. The van der Waals surface area contributed by atoms with E-state index in [2.05, 4.69) is 45.7 Å². The van der Waals surface area contributed by atoms with Gasteiger partial charge in [-0.05, 0) is 57.6 Å². The fraction of sp³-hybridized carbons (Fsp3) is 0.231. The second-order valence-electron chi connectivity index (χ2n) is 3.99. The van der Waals surface area contributed by atoms with Crippen LogP contribution in [0.2, 0.25) is 0 Å². The van der Waals surface area contributed by atoms with Crippen molar-refractivity contribution in [3.05, 3.63) is 50.1 Å². The first-order valence-corrected chi connectivity index (χ1v) is 7.11. The van der Waals surface area contributed by atoms with Crippen LogP contribution in [-0.2, 0) is 13.1 Å².